The second-order valence-corrected chi connectivity index (χ2v) is 8.36. The zero-order valence-corrected chi connectivity index (χ0v) is 16.8. The highest BCUT2D eigenvalue weighted by molar-refractivity contribution is 5.65. The molecule has 28 heavy (non-hydrogen) atoms. The molecule has 0 amide bonds. The molecule has 3 rings (SSSR count). The van der Waals surface area contributed by atoms with E-state index in [0.717, 1.165) is 24.7 Å². The van der Waals surface area contributed by atoms with Crippen molar-refractivity contribution >= 4 is 0 Å². The fourth-order valence-electron chi connectivity index (χ4n) is 4.56. The van der Waals surface area contributed by atoms with Crippen LogP contribution in [0.4, 0.5) is 13.2 Å². The molecule has 0 N–H and O–H groups in total. The highest BCUT2D eigenvalue weighted by Gasteiger charge is 2.20. The van der Waals surface area contributed by atoms with Crippen molar-refractivity contribution in [3.8, 4) is 11.1 Å². The van der Waals surface area contributed by atoms with E-state index < -0.39 is 17.5 Å². The van der Waals surface area contributed by atoms with Crippen molar-refractivity contribution in [2.24, 2.45) is 11.8 Å². The van der Waals surface area contributed by atoms with Gasteiger partial charge in [0.05, 0.1) is 5.56 Å². The summed E-state index contributed by atoms with van der Waals surface area (Å²) in [6.45, 7) is 2.25. The summed E-state index contributed by atoms with van der Waals surface area (Å²) in [7, 11) is 0. The lowest BCUT2D eigenvalue weighted by Crippen LogP contribution is -2.14. The molecule has 0 aromatic heterocycles. The van der Waals surface area contributed by atoms with Crippen molar-refractivity contribution < 1.29 is 13.2 Å². The predicted molar refractivity (Wildman–Crippen MR) is 110 cm³/mol. The van der Waals surface area contributed by atoms with Gasteiger partial charge in [0, 0.05) is 0 Å². The first-order valence-electron chi connectivity index (χ1n) is 10.8. The Morgan fingerprint density at radius 1 is 0.786 bits per heavy atom. The van der Waals surface area contributed by atoms with E-state index in [1.165, 1.54) is 81.3 Å². The topological polar surface area (TPSA) is 0 Å². The van der Waals surface area contributed by atoms with Gasteiger partial charge in [-0.2, -0.15) is 0 Å². The first kappa shape index (κ1) is 21.0. The molecular formula is C25H31F3. The van der Waals surface area contributed by atoms with Gasteiger partial charge in [-0.25, -0.2) is 13.2 Å². The van der Waals surface area contributed by atoms with Gasteiger partial charge in [-0.05, 0) is 60.1 Å². The van der Waals surface area contributed by atoms with E-state index in [4.69, 9.17) is 0 Å². The van der Waals surface area contributed by atoms with Gasteiger partial charge in [-0.15, -0.1) is 0 Å². The van der Waals surface area contributed by atoms with Crippen molar-refractivity contribution in [1.29, 1.82) is 0 Å². The normalized spacial score (nSPS) is 19.7. The number of hydrogen-bond donors (Lipinski definition) is 0. The summed E-state index contributed by atoms with van der Waals surface area (Å²) in [5.41, 5.74) is 0.995. The molecule has 2 aromatic rings. The van der Waals surface area contributed by atoms with Crippen molar-refractivity contribution in [3.05, 3.63) is 59.4 Å². The Labute approximate surface area is 167 Å². The molecule has 152 valence electrons. The summed E-state index contributed by atoms with van der Waals surface area (Å²) in [6, 6.07) is 8.13. The van der Waals surface area contributed by atoms with Crippen molar-refractivity contribution in [2.75, 3.05) is 0 Å². The van der Waals surface area contributed by atoms with Gasteiger partial charge in [-0.3, -0.25) is 0 Å². The van der Waals surface area contributed by atoms with Crippen LogP contribution in [0.25, 0.3) is 11.1 Å². The second kappa shape index (κ2) is 10.1. The minimum absolute atomic E-state index is 0.0749. The minimum Gasteiger partial charge on any atom is -0.207 e. The number of rotatable bonds is 8. The number of aryl methyl sites for hydroxylation is 1. The molecule has 1 aliphatic rings. The number of benzene rings is 2. The van der Waals surface area contributed by atoms with Gasteiger partial charge in [0.2, 0.25) is 0 Å². The van der Waals surface area contributed by atoms with E-state index in [9.17, 15) is 13.2 Å². The van der Waals surface area contributed by atoms with Gasteiger partial charge in [-0.1, -0.05) is 70.4 Å². The Hall–Kier alpha value is -1.77. The fourth-order valence-corrected chi connectivity index (χ4v) is 4.56. The van der Waals surface area contributed by atoms with Crippen LogP contribution in [0.5, 0.6) is 0 Å². The molecule has 1 fully saturated rings. The van der Waals surface area contributed by atoms with E-state index in [2.05, 4.69) is 6.92 Å². The van der Waals surface area contributed by atoms with Crippen LogP contribution >= 0.6 is 0 Å². The van der Waals surface area contributed by atoms with E-state index in [-0.39, 0.29) is 5.56 Å². The average molecular weight is 389 g/mol. The molecule has 0 bridgehead atoms. The van der Waals surface area contributed by atoms with Gasteiger partial charge in [0.25, 0.3) is 0 Å². The molecule has 3 heteroatoms. The zero-order valence-electron chi connectivity index (χ0n) is 16.8. The van der Waals surface area contributed by atoms with E-state index in [1.54, 1.807) is 0 Å². The lowest BCUT2D eigenvalue weighted by molar-refractivity contribution is 0.247. The molecule has 2 aromatic carbocycles. The quantitative estimate of drug-likeness (QED) is 0.428. The standard InChI is InChI=1S/C25H31F3/c1-2-3-5-18-8-10-19(11-9-18)6-4-7-20-16-23(27)25(24(28)17-20)21-12-14-22(26)15-13-21/h12-19H,2-11H2,1H3. The molecule has 0 nitrogen and oxygen atoms in total. The molecule has 0 atom stereocenters. The maximum atomic E-state index is 14.5. The molecule has 0 aliphatic heterocycles. The average Bonchev–Trinajstić information content (AvgIpc) is 2.68. The van der Waals surface area contributed by atoms with Crippen molar-refractivity contribution in [1.82, 2.24) is 0 Å². The maximum Gasteiger partial charge on any atom is 0.134 e. The van der Waals surface area contributed by atoms with Gasteiger partial charge in [0.15, 0.2) is 0 Å². The van der Waals surface area contributed by atoms with E-state index in [1.807, 2.05) is 0 Å². The van der Waals surface area contributed by atoms with Crippen LogP contribution in [-0.4, -0.2) is 0 Å². The first-order chi connectivity index (χ1) is 13.6. The molecule has 0 saturated heterocycles. The minimum atomic E-state index is -0.571. The summed E-state index contributed by atoms with van der Waals surface area (Å²) < 4.78 is 42.0. The molecular weight excluding hydrogens is 357 g/mol. The molecule has 0 heterocycles. The molecule has 1 saturated carbocycles. The molecule has 0 spiro atoms. The van der Waals surface area contributed by atoms with Crippen LogP contribution in [0, 0.1) is 29.3 Å². The van der Waals surface area contributed by atoms with Crippen molar-refractivity contribution in [2.45, 2.75) is 71.1 Å². The largest absolute Gasteiger partial charge is 0.207 e. The highest BCUT2D eigenvalue weighted by atomic mass is 19.1. The SMILES string of the molecule is CCCCC1CCC(CCCc2cc(F)c(-c3ccc(F)cc3)c(F)c2)CC1. The highest BCUT2D eigenvalue weighted by Crippen LogP contribution is 2.34. The Morgan fingerprint density at radius 2 is 1.32 bits per heavy atom. The molecule has 1 aliphatic carbocycles. The lowest BCUT2D eigenvalue weighted by atomic mass is 9.78. The predicted octanol–water partition coefficient (Wildman–Crippen LogP) is 8.09. The van der Waals surface area contributed by atoms with Crippen molar-refractivity contribution in [3.63, 3.8) is 0 Å². The Bertz CT molecular complexity index is 720. The fraction of sp³-hybridized carbons (Fsp3) is 0.520. The number of hydrogen-bond acceptors (Lipinski definition) is 0. The van der Waals surface area contributed by atoms with Crippen LogP contribution in [0.1, 0.15) is 70.3 Å². The first-order valence-corrected chi connectivity index (χ1v) is 10.8. The summed E-state index contributed by atoms with van der Waals surface area (Å²) >= 11 is 0. The summed E-state index contributed by atoms with van der Waals surface area (Å²) in [4.78, 5) is 0. The third-order valence-electron chi connectivity index (χ3n) is 6.24. The van der Waals surface area contributed by atoms with E-state index >= 15 is 0 Å². The maximum absolute atomic E-state index is 14.5. The smallest absolute Gasteiger partial charge is 0.134 e. The monoisotopic (exact) mass is 388 g/mol. The summed E-state index contributed by atoms with van der Waals surface area (Å²) in [6.07, 6.45) is 12.1. The Balaban J connectivity index is 1.51. The molecule has 0 unspecified atom stereocenters. The van der Waals surface area contributed by atoms with Crippen LogP contribution in [-0.2, 0) is 6.42 Å². The van der Waals surface area contributed by atoms with Crippen LogP contribution in [0.15, 0.2) is 36.4 Å². The summed E-state index contributed by atoms with van der Waals surface area (Å²) in [5, 5.41) is 0. The molecule has 0 radical (unpaired) electrons. The van der Waals surface area contributed by atoms with Gasteiger partial charge in [0.1, 0.15) is 17.5 Å². The summed E-state index contributed by atoms with van der Waals surface area (Å²) in [5.74, 6) is 0.126. The van der Waals surface area contributed by atoms with E-state index in [0.29, 0.717) is 17.5 Å². The number of unbranched alkanes of at least 4 members (excludes halogenated alkanes) is 1. The third kappa shape index (κ3) is 5.62. The van der Waals surface area contributed by atoms with Gasteiger partial charge < -0.3 is 0 Å². The van der Waals surface area contributed by atoms with Crippen LogP contribution in [0.2, 0.25) is 0 Å². The zero-order chi connectivity index (χ0) is 19.9. The Kier molecular flexibility index (Phi) is 7.58. The Morgan fingerprint density at radius 3 is 1.86 bits per heavy atom. The van der Waals surface area contributed by atoms with Crippen LogP contribution < -0.4 is 0 Å². The lowest BCUT2D eigenvalue weighted by Gasteiger charge is -2.28. The number of halogens is 3. The van der Waals surface area contributed by atoms with Crippen LogP contribution in [0.3, 0.4) is 0 Å². The second-order valence-electron chi connectivity index (χ2n) is 8.36. The third-order valence-corrected chi connectivity index (χ3v) is 6.24. The van der Waals surface area contributed by atoms with Gasteiger partial charge >= 0.3 is 0 Å².